The van der Waals surface area contributed by atoms with Gasteiger partial charge in [-0.15, -0.1) is 0 Å². The number of phenolic OH excluding ortho intramolecular Hbond substituents is 2. The van der Waals surface area contributed by atoms with Crippen LogP contribution in [0.2, 0.25) is 0 Å². The van der Waals surface area contributed by atoms with Gasteiger partial charge in [-0.3, -0.25) is 14.7 Å². The van der Waals surface area contributed by atoms with Gasteiger partial charge in [0, 0.05) is 28.8 Å². The van der Waals surface area contributed by atoms with Gasteiger partial charge in [0.15, 0.2) is 5.78 Å². The molecular formula is C31H27N3O4. The first-order valence-electron chi connectivity index (χ1n) is 12.5. The lowest BCUT2D eigenvalue weighted by molar-refractivity contribution is 0.0949. The van der Waals surface area contributed by atoms with E-state index in [1.165, 1.54) is 6.07 Å². The van der Waals surface area contributed by atoms with Crippen molar-refractivity contribution in [3.05, 3.63) is 113 Å². The van der Waals surface area contributed by atoms with Gasteiger partial charge in [-0.05, 0) is 66.8 Å². The number of H-pyrrole nitrogens is 1. The Labute approximate surface area is 219 Å². The van der Waals surface area contributed by atoms with Gasteiger partial charge in [0.05, 0.1) is 11.1 Å². The second-order valence-corrected chi connectivity index (χ2v) is 9.09. The third-order valence-electron chi connectivity index (χ3n) is 6.52. The first kappa shape index (κ1) is 24.8. The van der Waals surface area contributed by atoms with Gasteiger partial charge in [0.2, 0.25) is 0 Å². The van der Waals surface area contributed by atoms with Crippen LogP contribution < -0.4 is 5.32 Å². The number of fused-ring (bicyclic) bond motifs is 1. The predicted molar refractivity (Wildman–Crippen MR) is 146 cm³/mol. The van der Waals surface area contributed by atoms with Crippen molar-refractivity contribution >= 4 is 22.6 Å². The standard InChI is InChI=1S/C31H27N3O4/c35-22-15-13-20(14-16-22)24-19-28-26(18-25(24)30(37)21-8-2-1-3-9-21)27(33-34-28)11-6-7-17-32-31(38)23-10-4-5-12-29(23)36/h1-5,8-10,12-16,18-19,35-36H,6-7,11,17H2,(H,32,38)(H,33,34). The van der Waals surface area contributed by atoms with E-state index in [1.807, 2.05) is 30.3 Å². The zero-order valence-corrected chi connectivity index (χ0v) is 20.6. The molecular weight excluding hydrogens is 478 g/mol. The zero-order valence-electron chi connectivity index (χ0n) is 20.6. The Balaban J connectivity index is 1.35. The Kier molecular flexibility index (Phi) is 7.17. The van der Waals surface area contributed by atoms with Crippen molar-refractivity contribution in [2.24, 2.45) is 0 Å². The number of carbonyl (C=O) groups excluding carboxylic acids is 2. The number of aromatic nitrogens is 2. The minimum absolute atomic E-state index is 0.0403. The number of phenols is 2. The second kappa shape index (κ2) is 11.0. The highest BCUT2D eigenvalue weighted by Gasteiger charge is 2.19. The molecule has 1 amide bonds. The molecule has 0 unspecified atom stereocenters. The molecule has 1 aromatic heterocycles. The van der Waals surface area contributed by atoms with Crippen LogP contribution in [0.4, 0.5) is 0 Å². The Morgan fingerprint density at radius 1 is 0.816 bits per heavy atom. The van der Waals surface area contributed by atoms with E-state index in [4.69, 9.17) is 0 Å². The highest BCUT2D eigenvalue weighted by molar-refractivity contribution is 6.15. The second-order valence-electron chi connectivity index (χ2n) is 9.09. The summed E-state index contributed by atoms with van der Waals surface area (Å²) in [6, 6.07) is 26.2. The van der Waals surface area contributed by atoms with Crippen LogP contribution in [0.5, 0.6) is 11.5 Å². The van der Waals surface area contributed by atoms with Crippen LogP contribution in [-0.2, 0) is 6.42 Å². The maximum absolute atomic E-state index is 13.6. The number of rotatable bonds is 9. The van der Waals surface area contributed by atoms with Crippen LogP contribution in [0, 0.1) is 0 Å². The quantitative estimate of drug-likeness (QED) is 0.153. The summed E-state index contributed by atoms with van der Waals surface area (Å²) in [4.78, 5) is 25.8. The summed E-state index contributed by atoms with van der Waals surface area (Å²) in [6.45, 7) is 0.474. The van der Waals surface area contributed by atoms with E-state index < -0.39 is 0 Å². The van der Waals surface area contributed by atoms with E-state index >= 15 is 0 Å². The molecule has 1 heterocycles. The minimum Gasteiger partial charge on any atom is -0.508 e. The number of carbonyl (C=O) groups is 2. The van der Waals surface area contributed by atoms with Crippen molar-refractivity contribution in [3.63, 3.8) is 0 Å². The van der Waals surface area contributed by atoms with Crippen molar-refractivity contribution in [1.29, 1.82) is 0 Å². The molecule has 5 aromatic rings. The fraction of sp³-hybridized carbons (Fsp3) is 0.129. The number of amides is 1. The highest BCUT2D eigenvalue weighted by Crippen LogP contribution is 2.32. The summed E-state index contributed by atoms with van der Waals surface area (Å²) in [7, 11) is 0. The average Bonchev–Trinajstić information content (AvgIpc) is 3.34. The van der Waals surface area contributed by atoms with Crippen molar-refractivity contribution in [2.75, 3.05) is 6.54 Å². The molecule has 4 N–H and O–H groups in total. The molecule has 0 radical (unpaired) electrons. The third kappa shape index (κ3) is 5.27. The van der Waals surface area contributed by atoms with Gasteiger partial charge in [-0.25, -0.2) is 0 Å². The SMILES string of the molecule is O=C(NCCCCc1[nH]nc2cc(-c3ccc(O)cc3)c(C(=O)c3ccccc3)cc12)c1ccccc1O. The van der Waals surface area contributed by atoms with E-state index in [1.54, 1.807) is 54.6 Å². The van der Waals surface area contributed by atoms with Crippen LogP contribution in [-0.4, -0.2) is 38.6 Å². The fourth-order valence-electron chi connectivity index (χ4n) is 4.50. The summed E-state index contributed by atoms with van der Waals surface area (Å²) >= 11 is 0. The van der Waals surface area contributed by atoms with E-state index in [2.05, 4.69) is 15.5 Å². The first-order valence-corrected chi connectivity index (χ1v) is 12.5. The van der Waals surface area contributed by atoms with E-state index in [-0.39, 0.29) is 28.8 Å². The molecule has 5 rings (SSSR count). The number of hydrogen-bond acceptors (Lipinski definition) is 5. The lowest BCUT2D eigenvalue weighted by atomic mass is 9.92. The number of unbranched alkanes of at least 4 members (excludes halogenated alkanes) is 1. The Morgan fingerprint density at radius 2 is 1.55 bits per heavy atom. The van der Waals surface area contributed by atoms with Crippen LogP contribution in [0.25, 0.3) is 22.0 Å². The van der Waals surface area contributed by atoms with Crippen molar-refractivity contribution < 1.29 is 19.8 Å². The molecule has 0 saturated heterocycles. The minimum atomic E-state index is -0.305. The van der Waals surface area contributed by atoms with Crippen molar-refractivity contribution in [1.82, 2.24) is 15.5 Å². The van der Waals surface area contributed by atoms with Gasteiger partial charge >= 0.3 is 0 Å². The summed E-state index contributed by atoms with van der Waals surface area (Å²) in [6.07, 6.45) is 2.22. The maximum atomic E-state index is 13.6. The number of aryl methyl sites for hydroxylation is 1. The zero-order chi connectivity index (χ0) is 26.5. The van der Waals surface area contributed by atoms with Crippen LogP contribution >= 0.6 is 0 Å². The molecule has 0 aliphatic heterocycles. The monoisotopic (exact) mass is 505 g/mol. The summed E-state index contributed by atoms with van der Waals surface area (Å²) < 4.78 is 0. The van der Waals surface area contributed by atoms with Gasteiger partial charge < -0.3 is 15.5 Å². The van der Waals surface area contributed by atoms with Crippen molar-refractivity contribution in [3.8, 4) is 22.6 Å². The molecule has 0 bridgehead atoms. The molecule has 0 aliphatic rings. The molecule has 7 nitrogen and oxygen atoms in total. The summed E-state index contributed by atoms with van der Waals surface area (Å²) in [5, 5.41) is 30.9. The molecule has 38 heavy (non-hydrogen) atoms. The Hall–Kier alpha value is -4.91. The average molecular weight is 506 g/mol. The number of hydrogen-bond donors (Lipinski definition) is 4. The molecule has 0 aliphatic carbocycles. The lowest BCUT2D eigenvalue weighted by Gasteiger charge is -2.11. The predicted octanol–water partition coefficient (Wildman–Crippen LogP) is 5.62. The fourth-order valence-corrected chi connectivity index (χ4v) is 4.50. The third-order valence-corrected chi connectivity index (χ3v) is 6.52. The Morgan fingerprint density at radius 3 is 2.32 bits per heavy atom. The van der Waals surface area contributed by atoms with Gasteiger partial charge in [0.1, 0.15) is 11.5 Å². The van der Waals surface area contributed by atoms with Gasteiger partial charge in [-0.2, -0.15) is 5.10 Å². The summed E-state index contributed by atoms with van der Waals surface area (Å²) in [5.41, 5.74) is 4.65. The van der Waals surface area contributed by atoms with Gasteiger partial charge in [0.25, 0.3) is 5.91 Å². The van der Waals surface area contributed by atoms with Crippen LogP contribution in [0.15, 0.2) is 91.0 Å². The number of aromatic hydroxyl groups is 2. The van der Waals surface area contributed by atoms with Crippen LogP contribution in [0.3, 0.4) is 0 Å². The number of ketones is 1. The molecule has 4 aromatic carbocycles. The number of nitrogens with one attached hydrogen (secondary N) is 2. The topological polar surface area (TPSA) is 115 Å². The summed E-state index contributed by atoms with van der Waals surface area (Å²) in [5.74, 6) is -0.276. The number of benzene rings is 4. The molecule has 7 heteroatoms. The van der Waals surface area contributed by atoms with Gasteiger partial charge in [-0.1, -0.05) is 54.6 Å². The number of nitrogens with zero attached hydrogens (tertiary/aromatic N) is 1. The Bertz CT molecular complexity index is 1590. The van der Waals surface area contributed by atoms with Crippen molar-refractivity contribution in [2.45, 2.75) is 19.3 Å². The number of para-hydroxylation sites is 1. The van der Waals surface area contributed by atoms with E-state index in [9.17, 15) is 19.8 Å². The molecule has 190 valence electrons. The largest absolute Gasteiger partial charge is 0.508 e. The smallest absolute Gasteiger partial charge is 0.255 e. The van der Waals surface area contributed by atoms with Crippen LogP contribution in [0.1, 0.15) is 44.8 Å². The normalized spacial score (nSPS) is 10.9. The number of aromatic amines is 1. The molecule has 0 saturated carbocycles. The molecule has 0 atom stereocenters. The van der Waals surface area contributed by atoms with E-state index in [0.717, 1.165) is 40.6 Å². The highest BCUT2D eigenvalue weighted by atomic mass is 16.3. The maximum Gasteiger partial charge on any atom is 0.255 e. The molecule has 0 fully saturated rings. The van der Waals surface area contributed by atoms with E-state index in [0.29, 0.717) is 24.1 Å². The lowest BCUT2D eigenvalue weighted by Crippen LogP contribution is -2.24. The molecule has 0 spiro atoms. The first-order chi connectivity index (χ1) is 18.5.